The van der Waals surface area contributed by atoms with E-state index in [-0.39, 0.29) is 18.1 Å². The standard InChI is InChI=1S/C14H20N2O2/c1-11-5-7-12(8-6-11)9-15-18-10-13(17)16-14(2,3)4/h5-9H,10H2,1-4H3,(H,16,17)/b15-9-. The van der Waals surface area contributed by atoms with E-state index in [0.29, 0.717) is 0 Å². The second kappa shape index (κ2) is 6.19. The van der Waals surface area contributed by atoms with Crippen LogP contribution in [-0.2, 0) is 9.63 Å². The smallest absolute Gasteiger partial charge is 0.261 e. The molecule has 0 radical (unpaired) electrons. The van der Waals surface area contributed by atoms with E-state index >= 15 is 0 Å². The molecule has 0 aromatic heterocycles. The molecule has 0 spiro atoms. The highest BCUT2D eigenvalue weighted by molar-refractivity contribution is 5.80. The molecule has 0 saturated carbocycles. The van der Waals surface area contributed by atoms with Gasteiger partial charge in [-0.25, -0.2) is 0 Å². The third kappa shape index (κ3) is 6.03. The lowest BCUT2D eigenvalue weighted by atomic mass is 10.1. The summed E-state index contributed by atoms with van der Waals surface area (Å²) >= 11 is 0. The van der Waals surface area contributed by atoms with Crippen LogP contribution in [0.1, 0.15) is 31.9 Å². The van der Waals surface area contributed by atoms with Crippen LogP contribution in [0.25, 0.3) is 0 Å². The van der Waals surface area contributed by atoms with E-state index in [4.69, 9.17) is 4.84 Å². The van der Waals surface area contributed by atoms with E-state index in [1.165, 1.54) is 5.56 Å². The van der Waals surface area contributed by atoms with Crippen LogP contribution in [0.3, 0.4) is 0 Å². The molecule has 1 N–H and O–H groups in total. The topological polar surface area (TPSA) is 50.7 Å². The minimum Gasteiger partial charge on any atom is -0.386 e. The highest BCUT2D eigenvalue weighted by atomic mass is 16.6. The number of carbonyl (C=O) groups excluding carboxylic acids is 1. The molecule has 1 aromatic carbocycles. The first-order valence-corrected chi connectivity index (χ1v) is 5.90. The number of oxime groups is 1. The van der Waals surface area contributed by atoms with Gasteiger partial charge in [-0.1, -0.05) is 35.0 Å². The number of nitrogens with one attached hydrogen (secondary N) is 1. The molecule has 1 rings (SSSR count). The minimum absolute atomic E-state index is 0.0698. The highest BCUT2D eigenvalue weighted by Crippen LogP contribution is 2.00. The molecule has 4 heteroatoms. The summed E-state index contributed by atoms with van der Waals surface area (Å²) in [6.07, 6.45) is 1.59. The summed E-state index contributed by atoms with van der Waals surface area (Å²) in [4.78, 5) is 16.3. The molecule has 0 aliphatic heterocycles. The van der Waals surface area contributed by atoms with Gasteiger partial charge in [-0.3, -0.25) is 4.79 Å². The van der Waals surface area contributed by atoms with Gasteiger partial charge in [0, 0.05) is 5.54 Å². The van der Waals surface area contributed by atoms with Crippen LogP contribution in [0.5, 0.6) is 0 Å². The number of hydrogen-bond donors (Lipinski definition) is 1. The van der Waals surface area contributed by atoms with Gasteiger partial charge in [-0.15, -0.1) is 0 Å². The largest absolute Gasteiger partial charge is 0.386 e. The van der Waals surface area contributed by atoms with Gasteiger partial charge < -0.3 is 10.2 Å². The van der Waals surface area contributed by atoms with Crippen molar-refractivity contribution < 1.29 is 9.63 Å². The predicted octanol–water partition coefficient (Wildman–Crippen LogP) is 2.26. The first kappa shape index (κ1) is 14.2. The fraction of sp³-hybridized carbons (Fsp3) is 0.429. The normalized spacial score (nSPS) is 11.6. The maximum absolute atomic E-state index is 11.4. The molecule has 0 unspecified atom stereocenters. The fourth-order valence-corrected chi connectivity index (χ4v) is 1.30. The van der Waals surface area contributed by atoms with Crippen LogP contribution in [0, 0.1) is 6.92 Å². The summed E-state index contributed by atoms with van der Waals surface area (Å²) in [5.41, 5.74) is 1.88. The Morgan fingerprint density at radius 1 is 1.33 bits per heavy atom. The Balaban J connectivity index is 2.33. The van der Waals surface area contributed by atoms with E-state index in [1.807, 2.05) is 52.0 Å². The molecule has 0 aliphatic carbocycles. The maximum Gasteiger partial charge on any atom is 0.261 e. The first-order chi connectivity index (χ1) is 8.37. The van der Waals surface area contributed by atoms with Crippen molar-refractivity contribution in [2.45, 2.75) is 33.2 Å². The Kier molecular flexibility index (Phi) is 4.89. The lowest BCUT2D eigenvalue weighted by Crippen LogP contribution is -2.42. The number of carbonyl (C=O) groups is 1. The van der Waals surface area contributed by atoms with Crippen molar-refractivity contribution in [1.29, 1.82) is 0 Å². The van der Waals surface area contributed by atoms with Gasteiger partial charge in [-0.2, -0.15) is 0 Å². The maximum atomic E-state index is 11.4. The lowest BCUT2D eigenvalue weighted by molar-refractivity contribution is -0.127. The molecule has 0 fully saturated rings. The molecule has 1 aromatic rings. The zero-order chi connectivity index (χ0) is 13.6. The van der Waals surface area contributed by atoms with Crippen LogP contribution in [0.2, 0.25) is 0 Å². The Morgan fingerprint density at radius 3 is 2.50 bits per heavy atom. The molecular formula is C14H20N2O2. The third-order valence-corrected chi connectivity index (χ3v) is 2.06. The molecule has 98 valence electrons. The van der Waals surface area contributed by atoms with Gasteiger partial charge in [0.25, 0.3) is 5.91 Å². The Morgan fingerprint density at radius 2 is 1.94 bits per heavy atom. The monoisotopic (exact) mass is 248 g/mol. The molecule has 18 heavy (non-hydrogen) atoms. The summed E-state index contributed by atoms with van der Waals surface area (Å²) in [5.74, 6) is -0.177. The van der Waals surface area contributed by atoms with Crippen LogP contribution in [0.4, 0.5) is 0 Å². The molecule has 0 atom stereocenters. The zero-order valence-electron chi connectivity index (χ0n) is 11.4. The van der Waals surface area contributed by atoms with E-state index in [1.54, 1.807) is 6.21 Å². The van der Waals surface area contributed by atoms with Crippen molar-refractivity contribution in [2.75, 3.05) is 6.61 Å². The second-order valence-corrected chi connectivity index (χ2v) is 5.22. The minimum atomic E-state index is -0.249. The van der Waals surface area contributed by atoms with E-state index in [2.05, 4.69) is 10.5 Å². The third-order valence-electron chi connectivity index (χ3n) is 2.06. The number of nitrogens with zero attached hydrogens (tertiary/aromatic N) is 1. The molecule has 0 heterocycles. The highest BCUT2D eigenvalue weighted by Gasteiger charge is 2.13. The van der Waals surface area contributed by atoms with Crippen molar-refractivity contribution >= 4 is 12.1 Å². The van der Waals surface area contributed by atoms with Gasteiger partial charge >= 0.3 is 0 Å². The molecule has 0 aliphatic rings. The summed E-state index contributed by atoms with van der Waals surface area (Å²) in [5, 5.41) is 6.54. The first-order valence-electron chi connectivity index (χ1n) is 5.90. The van der Waals surface area contributed by atoms with Crippen LogP contribution in [0.15, 0.2) is 29.4 Å². The van der Waals surface area contributed by atoms with E-state index < -0.39 is 0 Å². The summed E-state index contributed by atoms with van der Waals surface area (Å²) < 4.78 is 0. The summed E-state index contributed by atoms with van der Waals surface area (Å²) in [6, 6.07) is 7.87. The number of amides is 1. The molecular weight excluding hydrogens is 228 g/mol. The Hall–Kier alpha value is -1.84. The van der Waals surface area contributed by atoms with Gasteiger partial charge in [-0.05, 0) is 33.3 Å². The fourth-order valence-electron chi connectivity index (χ4n) is 1.30. The van der Waals surface area contributed by atoms with Crippen molar-refractivity contribution in [2.24, 2.45) is 5.16 Å². The van der Waals surface area contributed by atoms with E-state index in [9.17, 15) is 4.79 Å². The SMILES string of the molecule is Cc1ccc(/C=N\OCC(=O)NC(C)(C)C)cc1. The quantitative estimate of drug-likeness (QED) is 0.656. The average Bonchev–Trinajstić information content (AvgIpc) is 2.24. The van der Waals surface area contributed by atoms with Gasteiger partial charge in [0.15, 0.2) is 6.61 Å². The number of rotatable bonds is 4. The van der Waals surface area contributed by atoms with Gasteiger partial charge in [0.1, 0.15) is 0 Å². The van der Waals surface area contributed by atoms with Crippen molar-refractivity contribution in [3.63, 3.8) is 0 Å². The number of hydrogen-bond acceptors (Lipinski definition) is 3. The molecule has 1 amide bonds. The van der Waals surface area contributed by atoms with E-state index in [0.717, 1.165) is 5.56 Å². The van der Waals surface area contributed by atoms with Crippen molar-refractivity contribution in [1.82, 2.24) is 5.32 Å². The van der Waals surface area contributed by atoms with Gasteiger partial charge in [0.2, 0.25) is 0 Å². The summed E-state index contributed by atoms with van der Waals surface area (Å²) in [7, 11) is 0. The Bertz CT molecular complexity index is 416. The zero-order valence-corrected chi connectivity index (χ0v) is 11.4. The molecule has 0 bridgehead atoms. The van der Waals surface area contributed by atoms with Crippen LogP contribution in [-0.4, -0.2) is 24.3 Å². The lowest BCUT2D eigenvalue weighted by Gasteiger charge is -2.19. The average molecular weight is 248 g/mol. The number of benzene rings is 1. The predicted molar refractivity (Wildman–Crippen MR) is 72.6 cm³/mol. The molecule has 0 saturated heterocycles. The van der Waals surface area contributed by atoms with Crippen LogP contribution >= 0.6 is 0 Å². The van der Waals surface area contributed by atoms with Crippen molar-refractivity contribution in [3.8, 4) is 0 Å². The van der Waals surface area contributed by atoms with Gasteiger partial charge in [0.05, 0.1) is 6.21 Å². The van der Waals surface area contributed by atoms with Crippen LogP contribution < -0.4 is 5.32 Å². The molecule has 4 nitrogen and oxygen atoms in total. The van der Waals surface area contributed by atoms with Crippen molar-refractivity contribution in [3.05, 3.63) is 35.4 Å². The Labute approximate surface area is 108 Å². The summed E-state index contributed by atoms with van der Waals surface area (Å²) in [6.45, 7) is 7.70. The second-order valence-electron chi connectivity index (χ2n) is 5.22. The number of aryl methyl sites for hydroxylation is 1.